The molecule has 0 fully saturated rings. The van der Waals surface area contributed by atoms with Gasteiger partial charge in [-0.15, -0.1) is 0 Å². The van der Waals surface area contributed by atoms with E-state index in [9.17, 15) is 0 Å². The summed E-state index contributed by atoms with van der Waals surface area (Å²) in [6, 6.07) is 23.0. The molecule has 3 rings (SSSR count). The summed E-state index contributed by atoms with van der Waals surface area (Å²) in [4.78, 5) is 2.42. The Morgan fingerprint density at radius 1 is 0.472 bits per heavy atom. The number of nitrogens with zero attached hydrogens (tertiary/aromatic N) is 4. The van der Waals surface area contributed by atoms with Crippen LogP contribution in [0.1, 0.15) is 27.8 Å². The predicted molar refractivity (Wildman–Crippen MR) is 156 cm³/mol. The highest BCUT2D eigenvalue weighted by Gasteiger charge is 2.19. The smallest absolute Gasteiger partial charge is 0.104 e. The lowest BCUT2D eigenvalue weighted by atomic mass is 10.0. The standard InChI is InChI=1S/C32H49N4/c1-25-12-16-31(20-28(25)23-35(6,7)8)33(30-18-14-27(15-19-30)22-34(3,4)5)32-17-13-26(2)29(21-32)24-36(9,10)11/h12-21H,22-24H2,1-11H3/q+3. The molecule has 36 heavy (non-hydrogen) atoms. The third-order valence-electron chi connectivity index (χ3n) is 6.32. The second-order valence-corrected chi connectivity index (χ2v) is 13.6. The molecule has 0 unspecified atom stereocenters. The van der Waals surface area contributed by atoms with Gasteiger partial charge in [0.15, 0.2) is 0 Å². The van der Waals surface area contributed by atoms with E-state index in [-0.39, 0.29) is 0 Å². The van der Waals surface area contributed by atoms with Crippen LogP contribution in [0.15, 0.2) is 60.7 Å². The van der Waals surface area contributed by atoms with Gasteiger partial charge in [0, 0.05) is 33.8 Å². The Kier molecular flexibility index (Phi) is 8.04. The fraction of sp³-hybridized carbons (Fsp3) is 0.438. The Morgan fingerprint density at radius 3 is 1.19 bits per heavy atom. The van der Waals surface area contributed by atoms with Gasteiger partial charge >= 0.3 is 0 Å². The lowest BCUT2D eigenvalue weighted by Crippen LogP contribution is -2.33. The molecule has 0 amide bonds. The summed E-state index contributed by atoms with van der Waals surface area (Å²) < 4.78 is 2.73. The van der Waals surface area contributed by atoms with Crippen LogP contribution in [0.2, 0.25) is 0 Å². The molecule has 3 aromatic carbocycles. The summed E-state index contributed by atoms with van der Waals surface area (Å²) in [5.41, 5.74) is 10.5. The molecular formula is C32H49N4+3. The zero-order valence-corrected chi connectivity index (χ0v) is 24.7. The topological polar surface area (TPSA) is 3.24 Å². The molecule has 0 N–H and O–H groups in total. The van der Waals surface area contributed by atoms with E-state index in [4.69, 9.17) is 0 Å². The van der Waals surface area contributed by atoms with Gasteiger partial charge in [-0.3, -0.25) is 0 Å². The van der Waals surface area contributed by atoms with E-state index in [1.165, 1.54) is 44.9 Å². The van der Waals surface area contributed by atoms with Gasteiger partial charge in [-0.1, -0.05) is 24.3 Å². The van der Waals surface area contributed by atoms with Crippen LogP contribution in [0.5, 0.6) is 0 Å². The summed E-state index contributed by atoms with van der Waals surface area (Å²) >= 11 is 0. The van der Waals surface area contributed by atoms with Gasteiger partial charge in [-0.25, -0.2) is 0 Å². The van der Waals surface area contributed by atoms with Crippen LogP contribution in [0.4, 0.5) is 17.1 Å². The van der Waals surface area contributed by atoms with Gasteiger partial charge in [-0.05, 0) is 61.4 Å². The minimum Gasteiger partial charge on any atom is -0.327 e. The highest BCUT2D eigenvalue weighted by Crippen LogP contribution is 2.37. The Labute approximate surface area is 220 Å². The number of hydrogen-bond donors (Lipinski definition) is 0. The van der Waals surface area contributed by atoms with Gasteiger partial charge in [0.1, 0.15) is 19.6 Å². The van der Waals surface area contributed by atoms with E-state index < -0.39 is 0 Å². The Hall–Kier alpha value is -2.66. The molecule has 3 aromatic rings. The zero-order chi connectivity index (χ0) is 26.9. The van der Waals surface area contributed by atoms with Crippen molar-refractivity contribution in [2.24, 2.45) is 0 Å². The molecule has 0 atom stereocenters. The average Bonchev–Trinajstić information content (AvgIpc) is 2.71. The normalized spacial score (nSPS) is 12.6. The molecule has 0 radical (unpaired) electrons. The summed E-state index contributed by atoms with van der Waals surface area (Å²) in [6.45, 7) is 7.46. The molecule has 0 bridgehead atoms. The molecule has 0 aliphatic rings. The third kappa shape index (κ3) is 7.92. The molecule has 0 aliphatic carbocycles. The minimum atomic E-state index is 0.905. The second kappa shape index (κ2) is 10.4. The molecule has 4 heteroatoms. The SMILES string of the molecule is Cc1ccc(N(c2ccc(C[N+](C)(C)C)cc2)c2ccc(C)c(C[N+](C)(C)C)c2)cc1C[N+](C)(C)C. The number of hydrogen-bond acceptors (Lipinski definition) is 1. The van der Waals surface area contributed by atoms with E-state index in [0.717, 1.165) is 33.1 Å². The quantitative estimate of drug-likeness (QED) is 0.315. The van der Waals surface area contributed by atoms with E-state index in [1.54, 1.807) is 0 Å². The van der Waals surface area contributed by atoms with E-state index in [2.05, 4.69) is 143 Å². The first-order valence-electron chi connectivity index (χ1n) is 13.0. The number of rotatable bonds is 9. The van der Waals surface area contributed by atoms with Crippen LogP contribution in [0, 0.1) is 13.8 Å². The molecule has 0 aromatic heterocycles. The molecule has 0 saturated carbocycles. The first-order valence-corrected chi connectivity index (χ1v) is 13.0. The maximum atomic E-state index is 2.42. The fourth-order valence-corrected chi connectivity index (χ4v) is 4.70. The van der Waals surface area contributed by atoms with Gasteiger partial charge in [0.25, 0.3) is 0 Å². The van der Waals surface area contributed by atoms with Crippen molar-refractivity contribution >= 4 is 17.1 Å². The summed E-state index contributed by atoms with van der Waals surface area (Å²) in [7, 11) is 20.3. The van der Waals surface area contributed by atoms with Crippen molar-refractivity contribution in [3.05, 3.63) is 88.5 Å². The van der Waals surface area contributed by atoms with Crippen molar-refractivity contribution in [2.75, 3.05) is 68.3 Å². The van der Waals surface area contributed by atoms with Crippen molar-refractivity contribution in [1.82, 2.24) is 0 Å². The van der Waals surface area contributed by atoms with Crippen LogP contribution in [0.3, 0.4) is 0 Å². The molecule has 194 valence electrons. The van der Waals surface area contributed by atoms with Gasteiger partial charge in [-0.2, -0.15) is 0 Å². The monoisotopic (exact) mass is 489 g/mol. The van der Waals surface area contributed by atoms with Gasteiger partial charge < -0.3 is 18.3 Å². The number of anilines is 3. The van der Waals surface area contributed by atoms with Crippen LogP contribution >= 0.6 is 0 Å². The average molecular weight is 490 g/mol. The lowest BCUT2D eigenvalue weighted by Gasteiger charge is -2.30. The van der Waals surface area contributed by atoms with E-state index >= 15 is 0 Å². The first-order chi connectivity index (χ1) is 16.5. The Bertz CT molecular complexity index is 1110. The summed E-state index contributed by atoms with van der Waals surface area (Å²) in [6.07, 6.45) is 0. The largest absolute Gasteiger partial charge is 0.327 e. The van der Waals surface area contributed by atoms with Crippen molar-refractivity contribution < 1.29 is 13.4 Å². The lowest BCUT2D eigenvalue weighted by molar-refractivity contribution is -0.884. The number of benzene rings is 3. The molecular weight excluding hydrogens is 440 g/mol. The summed E-state index contributed by atoms with van der Waals surface area (Å²) in [5.74, 6) is 0. The van der Waals surface area contributed by atoms with E-state index in [0.29, 0.717) is 0 Å². The molecule has 0 heterocycles. The highest BCUT2D eigenvalue weighted by molar-refractivity contribution is 5.77. The van der Waals surface area contributed by atoms with Crippen molar-refractivity contribution in [3.8, 4) is 0 Å². The predicted octanol–water partition coefficient (Wildman–Crippen LogP) is 6.39. The molecule has 0 saturated heterocycles. The summed E-state index contributed by atoms with van der Waals surface area (Å²) in [5, 5.41) is 0. The van der Waals surface area contributed by atoms with Crippen LogP contribution in [-0.2, 0) is 19.6 Å². The highest BCUT2D eigenvalue weighted by atomic mass is 15.3. The van der Waals surface area contributed by atoms with Crippen molar-refractivity contribution in [3.63, 3.8) is 0 Å². The molecule has 4 nitrogen and oxygen atoms in total. The van der Waals surface area contributed by atoms with Crippen molar-refractivity contribution in [2.45, 2.75) is 33.5 Å². The Morgan fingerprint density at radius 2 is 0.833 bits per heavy atom. The fourth-order valence-electron chi connectivity index (χ4n) is 4.70. The van der Waals surface area contributed by atoms with Crippen molar-refractivity contribution in [1.29, 1.82) is 0 Å². The van der Waals surface area contributed by atoms with Gasteiger partial charge in [0.05, 0.1) is 63.4 Å². The zero-order valence-electron chi connectivity index (χ0n) is 24.7. The minimum absolute atomic E-state index is 0.905. The van der Waals surface area contributed by atoms with E-state index in [1.807, 2.05) is 0 Å². The first kappa shape index (κ1) is 27.9. The number of aryl methyl sites for hydroxylation is 2. The Balaban J connectivity index is 2.14. The van der Waals surface area contributed by atoms with Crippen LogP contribution in [0.25, 0.3) is 0 Å². The van der Waals surface area contributed by atoms with Gasteiger partial charge in [0.2, 0.25) is 0 Å². The molecule has 0 spiro atoms. The van der Waals surface area contributed by atoms with Crippen LogP contribution < -0.4 is 4.90 Å². The maximum absolute atomic E-state index is 2.42. The number of quaternary nitrogens is 3. The second-order valence-electron chi connectivity index (χ2n) is 13.6. The molecule has 0 aliphatic heterocycles. The van der Waals surface area contributed by atoms with Crippen LogP contribution in [-0.4, -0.2) is 76.9 Å². The third-order valence-corrected chi connectivity index (χ3v) is 6.32. The maximum Gasteiger partial charge on any atom is 0.104 e.